The molecule has 0 bridgehead atoms. The molecule has 0 N–H and O–H groups in total. The summed E-state index contributed by atoms with van der Waals surface area (Å²) in [6, 6.07) is 0. The summed E-state index contributed by atoms with van der Waals surface area (Å²) in [5, 5.41) is 0. The maximum atomic E-state index is 11.9. The summed E-state index contributed by atoms with van der Waals surface area (Å²) < 4.78 is 1.91. The summed E-state index contributed by atoms with van der Waals surface area (Å²) in [5.41, 5.74) is 2.73. The predicted molar refractivity (Wildman–Crippen MR) is 88.6 cm³/mol. The Morgan fingerprint density at radius 3 is 2.37 bits per heavy atom. The number of unbranched alkanes of at least 4 members (excludes halogenated alkanes) is 5. The molecule has 2 heterocycles. The number of nitrogens with zero attached hydrogens (tertiary/aromatic N) is 1. The van der Waals surface area contributed by atoms with Crippen molar-refractivity contribution < 1.29 is 4.79 Å². The molecule has 5 heteroatoms. The van der Waals surface area contributed by atoms with Gasteiger partial charge in [-0.25, -0.2) is 4.99 Å². The van der Waals surface area contributed by atoms with Crippen molar-refractivity contribution in [3.05, 3.63) is 18.7 Å². The Kier molecular flexibility index (Phi) is 5.78. The zero-order valence-electron chi connectivity index (χ0n) is 11.0. The summed E-state index contributed by atoms with van der Waals surface area (Å²) in [6.45, 7) is 2.23. The Morgan fingerprint density at radius 2 is 1.63 bits per heavy atom. The number of aliphatic imine (C=N–C) groups is 1. The van der Waals surface area contributed by atoms with Crippen LogP contribution < -0.4 is 0 Å². The van der Waals surface area contributed by atoms with Crippen LogP contribution in [0, 0.1) is 0 Å². The zero-order valence-corrected chi connectivity index (χ0v) is 15.0. The third-order valence-corrected chi connectivity index (χ3v) is 5.86. The lowest BCUT2D eigenvalue weighted by Crippen LogP contribution is -1.97. The number of fused-ring (bicyclic) bond motifs is 1. The molecule has 0 aromatic carbocycles. The number of thiophene rings is 1. The highest BCUT2D eigenvalue weighted by atomic mass is 79.9. The van der Waals surface area contributed by atoms with Crippen molar-refractivity contribution >= 4 is 54.8 Å². The van der Waals surface area contributed by atoms with E-state index in [0.717, 1.165) is 37.3 Å². The van der Waals surface area contributed by atoms with Crippen LogP contribution >= 0.6 is 43.2 Å². The van der Waals surface area contributed by atoms with E-state index in [1.54, 1.807) is 11.3 Å². The van der Waals surface area contributed by atoms with Gasteiger partial charge in [-0.2, -0.15) is 0 Å². The molecule has 1 aliphatic rings. The molecule has 0 fully saturated rings. The maximum absolute atomic E-state index is 11.9. The van der Waals surface area contributed by atoms with Crippen molar-refractivity contribution in [3.63, 3.8) is 0 Å². The molecule has 1 aromatic rings. The summed E-state index contributed by atoms with van der Waals surface area (Å²) in [4.78, 5) is 16.0. The zero-order chi connectivity index (χ0) is 13.8. The van der Waals surface area contributed by atoms with E-state index in [1.165, 1.54) is 32.1 Å². The molecule has 1 aliphatic heterocycles. The number of carbonyl (C=O) groups is 1. The van der Waals surface area contributed by atoms with E-state index in [2.05, 4.69) is 43.8 Å². The molecule has 19 heavy (non-hydrogen) atoms. The van der Waals surface area contributed by atoms with Gasteiger partial charge in [-0.1, -0.05) is 39.0 Å². The standard InChI is InChI=1S/C14H17Br2NOS/c1-2-3-4-5-6-7-8-9-10-11(14(18)17-9)13(16)19-12(10)15/h2-8H2,1H3. The Bertz CT molecular complexity index is 508. The van der Waals surface area contributed by atoms with Crippen molar-refractivity contribution in [2.24, 2.45) is 4.99 Å². The van der Waals surface area contributed by atoms with Crippen LogP contribution in [-0.2, 0) is 0 Å². The first-order valence-electron chi connectivity index (χ1n) is 6.75. The second-order valence-corrected chi connectivity index (χ2v) is 8.44. The maximum Gasteiger partial charge on any atom is 0.279 e. The Labute approximate surface area is 135 Å². The fourth-order valence-corrected chi connectivity index (χ4v) is 5.50. The van der Waals surface area contributed by atoms with Gasteiger partial charge in [-0.05, 0) is 44.7 Å². The first kappa shape index (κ1) is 15.4. The van der Waals surface area contributed by atoms with Crippen LogP contribution in [0.1, 0.15) is 67.8 Å². The van der Waals surface area contributed by atoms with Gasteiger partial charge in [0.2, 0.25) is 0 Å². The molecule has 1 amide bonds. The van der Waals surface area contributed by atoms with Gasteiger partial charge in [-0.3, -0.25) is 4.79 Å². The molecule has 0 saturated heterocycles. The van der Waals surface area contributed by atoms with Crippen LogP contribution in [0.5, 0.6) is 0 Å². The molecular formula is C14H17Br2NOS. The molecule has 2 rings (SSSR count). The SMILES string of the molecule is CCCCCCCCC1=NC(=O)c2c(Br)sc(Br)c21. The average Bonchev–Trinajstić information content (AvgIpc) is 2.85. The number of carbonyl (C=O) groups excluding carboxylic acids is 1. The number of halogens is 2. The van der Waals surface area contributed by atoms with Crippen molar-refractivity contribution in [1.82, 2.24) is 0 Å². The van der Waals surface area contributed by atoms with Gasteiger partial charge in [0.1, 0.15) is 0 Å². The first-order chi connectivity index (χ1) is 9.15. The van der Waals surface area contributed by atoms with Crippen molar-refractivity contribution in [1.29, 1.82) is 0 Å². The highest BCUT2D eigenvalue weighted by Crippen LogP contribution is 2.41. The molecule has 0 unspecified atom stereocenters. The Hall–Kier alpha value is -0.000000000000000111. The summed E-state index contributed by atoms with van der Waals surface area (Å²) >= 11 is 8.54. The average molecular weight is 407 g/mol. The number of amides is 1. The van der Waals surface area contributed by atoms with E-state index < -0.39 is 0 Å². The van der Waals surface area contributed by atoms with Gasteiger partial charge in [0, 0.05) is 5.56 Å². The van der Waals surface area contributed by atoms with Crippen LogP contribution in [0.4, 0.5) is 0 Å². The monoisotopic (exact) mass is 405 g/mol. The molecule has 1 aromatic heterocycles. The molecule has 0 atom stereocenters. The molecule has 104 valence electrons. The fraction of sp³-hybridized carbons (Fsp3) is 0.571. The number of rotatable bonds is 7. The second kappa shape index (κ2) is 7.14. The molecular weight excluding hydrogens is 390 g/mol. The molecule has 2 nitrogen and oxygen atoms in total. The van der Waals surface area contributed by atoms with Gasteiger partial charge in [0.05, 0.1) is 18.8 Å². The summed E-state index contributed by atoms with van der Waals surface area (Å²) in [6.07, 6.45) is 8.47. The third kappa shape index (κ3) is 3.56. The highest BCUT2D eigenvalue weighted by Gasteiger charge is 2.30. The van der Waals surface area contributed by atoms with E-state index in [0.29, 0.717) is 0 Å². The van der Waals surface area contributed by atoms with Crippen LogP contribution in [-0.4, -0.2) is 11.6 Å². The predicted octanol–water partition coefficient (Wildman–Crippen LogP) is 5.97. The first-order valence-corrected chi connectivity index (χ1v) is 9.15. The lowest BCUT2D eigenvalue weighted by Gasteiger charge is -2.02. The molecule has 0 aliphatic carbocycles. The minimum absolute atomic E-state index is 0.0928. The summed E-state index contributed by atoms with van der Waals surface area (Å²) in [7, 11) is 0. The van der Waals surface area contributed by atoms with Crippen LogP contribution in [0.25, 0.3) is 0 Å². The van der Waals surface area contributed by atoms with Crippen molar-refractivity contribution in [2.75, 3.05) is 0 Å². The van der Waals surface area contributed by atoms with E-state index in [-0.39, 0.29) is 5.91 Å². The lowest BCUT2D eigenvalue weighted by molar-refractivity contribution is 0.101. The van der Waals surface area contributed by atoms with E-state index >= 15 is 0 Å². The molecule has 0 saturated carbocycles. The minimum Gasteiger partial charge on any atom is -0.267 e. The Morgan fingerprint density at radius 1 is 1.00 bits per heavy atom. The van der Waals surface area contributed by atoms with Crippen LogP contribution in [0.2, 0.25) is 0 Å². The molecule has 0 radical (unpaired) electrons. The topological polar surface area (TPSA) is 29.4 Å². The Balaban J connectivity index is 1.90. The minimum atomic E-state index is -0.0928. The van der Waals surface area contributed by atoms with Gasteiger partial charge >= 0.3 is 0 Å². The van der Waals surface area contributed by atoms with Gasteiger partial charge < -0.3 is 0 Å². The van der Waals surface area contributed by atoms with Gasteiger partial charge in [0.15, 0.2) is 0 Å². The van der Waals surface area contributed by atoms with E-state index in [1.807, 2.05) is 0 Å². The third-order valence-electron chi connectivity index (χ3n) is 3.33. The lowest BCUT2D eigenvalue weighted by atomic mass is 10.0. The largest absolute Gasteiger partial charge is 0.279 e. The van der Waals surface area contributed by atoms with Gasteiger partial charge in [0.25, 0.3) is 5.91 Å². The number of hydrogen-bond acceptors (Lipinski definition) is 2. The van der Waals surface area contributed by atoms with Crippen molar-refractivity contribution in [2.45, 2.75) is 51.9 Å². The van der Waals surface area contributed by atoms with Crippen molar-refractivity contribution in [3.8, 4) is 0 Å². The van der Waals surface area contributed by atoms with E-state index in [9.17, 15) is 4.79 Å². The second-order valence-electron chi connectivity index (χ2n) is 4.78. The molecule has 0 spiro atoms. The highest BCUT2D eigenvalue weighted by molar-refractivity contribution is 9.12. The number of hydrogen-bond donors (Lipinski definition) is 0. The smallest absolute Gasteiger partial charge is 0.267 e. The van der Waals surface area contributed by atoms with Crippen LogP contribution in [0.3, 0.4) is 0 Å². The van der Waals surface area contributed by atoms with Crippen LogP contribution in [0.15, 0.2) is 12.6 Å². The van der Waals surface area contributed by atoms with Gasteiger partial charge in [-0.15, -0.1) is 11.3 Å². The normalized spacial score (nSPS) is 13.8. The van der Waals surface area contributed by atoms with E-state index in [4.69, 9.17) is 0 Å². The summed E-state index contributed by atoms with van der Waals surface area (Å²) in [5.74, 6) is -0.0928. The fourth-order valence-electron chi connectivity index (χ4n) is 2.31. The quantitative estimate of drug-likeness (QED) is 0.513.